The first-order valence-electron chi connectivity index (χ1n) is 4.93. The fourth-order valence-corrected chi connectivity index (χ4v) is 1.75. The fourth-order valence-electron chi connectivity index (χ4n) is 1.75. The maximum atomic E-state index is 10.8. The third-order valence-electron chi connectivity index (χ3n) is 2.52. The van der Waals surface area contributed by atoms with Gasteiger partial charge in [0, 0.05) is 23.1 Å². The largest absolute Gasteiger partial charge is 0.478 e. The molecular formula is C12H13NO2. The van der Waals surface area contributed by atoms with Gasteiger partial charge in [0.2, 0.25) is 0 Å². The summed E-state index contributed by atoms with van der Waals surface area (Å²) in [5, 5.41) is 9.83. The van der Waals surface area contributed by atoms with E-state index in [-0.39, 0.29) is 0 Å². The van der Waals surface area contributed by atoms with Gasteiger partial charge in [0.25, 0.3) is 0 Å². The van der Waals surface area contributed by atoms with Crippen LogP contribution in [0.2, 0.25) is 0 Å². The van der Waals surface area contributed by atoms with Crippen LogP contribution in [0.5, 0.6) is 0 Å². The second kappa shape index (κ2) is 3.42. The van der Waals surface area contributed by atoms with Crippen molar-refractivity contribution in [2.75, 3.05) is 0 Å². The van der Waals surface area contributed by atoms with E-state index in [4.69, 9.17) is 5.11 Å². The van der Waals surface area contributed by atoms with Gasteiger partial charge in [0.1, 0.15) is 0 Å². The monoisotopic (exact) mass is 203 g/mol. The summed E-state index contributed by atoms with van der Waals surface area (Å²) >= 11 is 0. The van der Waals surface area contributed by atoms with Gasteiger partial charge in [0.05, 0.1) is 5.56 Å². The number of aromatic nitrogens is 1. The van der Waals surface area contributed by atoms with Crippen LogP contribution in [0.1, 0.15) is 30.2 Å². The van der Waals surface area contributed by atoms with Gasteiger partial charge in [-0.2, -0.15) is 0 Å². The minimum Gasteiger partial charge on any atom is -0.478 e. The van der Waals surface area contributed by atoms with Gasteiger partial charge in [-0.05, 0) is 38.1 Å². The van der Waals surface area contributed by atoms with Crippen molar-refractivity contribution in [3.8, 4) is 0 Å². The van der Waals surface area contributed by atoms with E-state index in [1.807, 2.05) is 18.3 Å². The molecule has 0 atom stereocenters. The summed E-state index contributed by atoms with van der Waals surface area (Å²) in [7, 11) is 0. The van der Waals surface area contributed by atoms with E-state index >= 15 is 0 Å². The summed E-state index contributed by atoms with van der Waals surface area (Å²) in [5.41, 5.74) is 1.42. The molecule has 0 amide bonds. The first-order chi connectivity index (χ1) is 7.09. The molecule has 2 rings (SSSR count). The summed E-state index contributed by atoms with van der Waals surface area (Å²) in [4.78, 5) is 10.8. The van der Waals surface area contributed by atoms with Gasteiger partial charge >= 0.3 is 5.97 Å². The number of rotatable bonds is 2. The molecule has 0 aliphatic heterocycles. The average molecular weight is 203 g/mol. The van der Waals surface area contributed by atoms with Gasteiger partial charge in [-0.25, -0.2) is 4.79 Å². The normalized spacial score (nSPS) is 11.1. The lowest BCUT2D eigenvalue weighted by atomic mass is 10.1. The molecule has 0 fully saturated rings. The number of fused-ring (bicyclic) bond motifs is 1. The van der Waals surface area contributed by atoms with Crippen LogP contribution < -0.4 is 0 Å². The first-order valence-corrected chi connectivity index (χ1v) is 4.93. The molecule has 1 heterocycles. The highest BCUT2D eigenvalue weighted by molar-refractivity contribution is 5.93. The van der Waals surface area contributed by atoms with Crippen molar-refractivity contribution in [3.63, 3.8) is 0 Å². The van der Waals surface area contributed by atoms with E-state index in [0.717, 1.165) is 10.9 Å². The number of nitrogens with zero attached hydrogens (tertiary/aromatic N) is 1. The van der Waals surface area contributed by atoms with Gasteiger partial charge in [-0.1, -0.05) is 0 Å². The zero-order valence-corrected chi connectivity index (χ0v) is 8.77. The number of benzene rings is 1. The molecule has 1 aromatic heterocycles. The van der Waals surface area contributed by atoms with Crippen LogP contribution in [0.25, 0.3) is 10.9 Å². The molecular weight excluding hydrogens is 190 g/mol. The van der Waals surface area contributed by atoms with E-state index in [9.17, 15) is 4.79 Å². The number of aromatic carboxylic acids is 1. The molecule has 2 aromatic rings. The number of hydrogen-bond acceptors (Lipinski definition) is 1. The second-order valence-corrected chi connectivity index (χ2v) is 3.90. The smallest absolute Gasteiger partial charge is 0.335 e. The Labute approximate surface area is 87.9 Å². The number of carboxylic acid groups (broad SMARTS) is 1. The minimum absolute atomic E-state index is 0.337. The summed E-state index contributed by atoms with van der Waals surface area (Å²) in [5.74, 6) is -0.880. The maximum Gasteiger partial charge on any atom is 0.335 e. The molecule has 0 radical (unpaired) electrons. The van der Waals surface area contributed by atoms with Crippen molar-refractivity contribution in [2.45, 2.75) is 19.9 Å². The van der Waals surface area contributed by atoms with E-state index in [1.165, 1.54) is 0 Å². The molecule has 15 heavy (non-hydrogen) atoms. The summed E-state index contributed by atoms with van der Waals surface area (Å²) < 4.78 is 2.13. The SMILES string of the molecule is CC(C)n1ccc2cc(C(=O)O)ccc21. The first kappa shape index (κ1) is 9.77. The zero-order chi connectivity index (χ0) is 11.0. The highest BCUT2D eigenvalue weighted by Crippen LogP contribution is 2.21. The third kappa shape index (κ3) is 1.61. The standard InChI is InChI=1S/C12H13NO2/c1-8(2)13-6-5-9-7-10(12(14)15)3-4-11(9)13/h3-8H,1-2H3,(H,14,15). The van der Waals surface area contributed by atoms with Crippen molar-refractivity contribution in [3.05, 3.63) is 36.0 Å². The van der Waals surface area contributed by atoms with Crippen LogP contribution >= 0.6 is 0 Å². The van der Waals surface area contributed by atoms with Gasteiger partial charge < -0.3 is 9.67 Å². The summed E-state index contributed by atoms with van der Waals surface area (Å²) in [6.07, 6.45) is 1.99. The Morgan fingerprint density at radius 1 is 1.33 bits per heavy atom. The maximum absolute atomic E-state index is 10.8. The zero-order valence-electron chi connectivity index (χ0n) is 8.77. The Hall–Kier alpha value is -1.77. The van der Waals surface area contributed by atoms with Crippen LogP contribution in [-0.4, -0.2) is 15.6 Å². The Kier molecular flexibility index (Phi) is 2.23. The molecule has 0 saturated heterocycles. The lowest BCUT2D eigenvalue weighted by molar-refractivity contribution is 0.0697. The van der Waals surface area contributed by atoms with E-state index in [0.29, 0.717) is 11.6 Å². The predicted octanol–water partition coefficient (Wildman–Crippen LogP) is 2.92. The number of carboxylic acids is 1. The summed E-state index contributed by atoms with van der Waals surface area (Å²) in [6, 6.07) is 7.54. The van der Waals surface area contributed by atoms with Crippen LogP contribution in [0.3, 0.4) is 0 Å². The van der Waals surface area contributed by atoms with Gasteiger partial charge in [-0.3, -0.25) is 0 Å². The van der Waals surface area contributed by atoms with Crippen LogP contribution in [-0.2, 0) is 0 Å². The van der Waals surface area contributed by atoms with Gasteiger partial charge in [0.15, 0.2) is 0 Å². The molecule has 78 valence electrons. The summed E-state index contributed by atoms with van der Waals surface area (Å²) in [6.45, 7) is 4.20. The van der Waals surface area contributed by atoms with E-state index in [2.05, 4.69) is 18.4 Å². The van der Waals surface area contributed by atoms with Crippen molar-refractivity contribution in [1.29, 1.82) is 0 Å². The Bertz CT molecular complexity index is 511. The molecule has 0 unspecified atom stereocenters. The number of carbonyl (C=O) groups is 1. The Morgan fingerprint density at radius 3 is 2.67 bits per heavy atom. The molecule has 3 heteroatoms. The van der Waals surface area contributed by atoms with Crippen LogP contribution in [0, 0.1) is 0 Å². The number of hydrogen-bond donors (Lipinski definition) is 1. The van der Waals surface area contributed by atoms with E-state index in [1.54, 1.807) is 12.1 Å². The topological polar surface area (TPSA) is 42.2 Å². The van der Waals surface area contributed by atoms with E-state index < -0.39 is 5.97 Å². The molecule has 0 spiro atoms. The predicted molar refractivity (Wildman–Crippen MR) is 59.3 cm³/mol. The highest BCUT2D eigenvalue weighted by atomic mass is 16.4. The molecule has 0 aliphatic carbocycles. The third-order valence-corrected chi connectivity index (χ3v) is 2.52. The van der Waals surface area contributed by atoms with Crippen LogP contribution in [0.4, 0.5) is 0 Å². The minimum atomic E-state index is -0.880. The fraction of sp³-hybridized carbons (Fsp3) is 0.250. The lowest BCUT2D eigenvalue weighted by Gasteiger charge is -2.08. The highest BCUT2D eigenvalue weighted by Gasteiger charge is 2.07. The molecule has 3 nitrogen and oxygen atoms in total. The molecule has 1 N–H and O–H groups in total. The van der Waals surface area contributed by atoms with Crippen LogP contribution in [0.15, 0.2) is 30.5 Å². The Balaban J connectivity index is 2.61. The molecule has 0 saturated carbocycles. The second-order valence-electron chi connectivity index (χ2n) is 3.90. The molecule has 0 aliphatic rings. The van der Waals surface area contributed by atoms with Crippen molar-refractivity contribution in [2.24, 2.45) is 0 Å². The van der Waals surface area contributed by atoms with Crippen molar-refractivity contribution >= 4 is 16.9 Å². The Morgan fingerprint density at radius 2 is 2.07 bits per heavy atom. The molecule has 0 bridgehead atoms. The van der Waals surface area contributed by atoms with Crippen molar-refractivity contribution < 1.29 is 9.90 Å². The molecule has 1 aromatic carbocycles. The average Bonchev–Trinajstić information content (AvgIpc) is 2.59. The van der Waals surface area contributed by atoms with Crippen molar-refractivity contribution in [1.82, 2.24) is 4.57 Å². The lowest BCUT2D eigenvalue weighted by Crippen LogP contribution is -1.99. The van der Waals surface area contributed by atoms with Gasteiger partial charge in [-0.15, -0.1) is 0 Å². The quantitative estimate of drug-likeness (QED) is 0.815.